The summed E-state index contributed by atoms with van der Waals surface area (Å²) in [5.41, 5.74) is 6.05. The average Bonchev–Trinajstić information content (AvgIpc) is 2.22. The lowest BCUT2D eigenvalue weighted by atomic mass is 10.3. The van der Waals surface area contributed by atoms with Gasteiger partial charge in [-0.25, -0.2) is 9.97 Å². The zero-order valence-corrected chi connectivity index (χ0v) is 9.95. The van der Waals surface area contributed by atoms with Gasteiger partial charge in [-0.2, -0.15) is 0 Å². The first-order valence-electron chi connectivity index (χ1n) is 4.47. The molecule has 1 rings (SSSR count). The van der Waals surface area contributed by atoms with Gasteiger partial charge in [0, 0.05) is 7.11 Å². The summed E-state index contributed by atoms with van der Waals surface area (Å²) in [4.78, 5) is 19.3. The van der Waals surface area contributed by atoms with Crippen molar-refractivity contribution in [3.8, 4) is 0 Å². The molecular formula is C9H15ClN4O2. The first-order chi connectivity index (χ1) is 7.13. The molecule has 0 aliphatic heterocycles. The second-order valence-corrected chi connectivity index (χ2v) is 3.07. The Morgan fingerprint density at radius 2 is 2.12 bits per heavy atom. The summed E-state index contributed by atoms with van der Waals surface area (Å²) >= 11 is 0. The highest BCUT2D eigenvalue weighted by Crippen LogP contribution is 2.02. The van der Waals surface area contributed by atoms with Crippen molar-refractivity contribution < 1.29 is 9.53 Å². The van der Waals surface area contributed by atoms with E-state index in [0.717, 1.165) is 0 Å². The molecule has 1 atom stereocenters. The minimum atomic E-state index is -0.684. The van der Waals surface area contributed by atoms with Crippen molar-refractivity contribution >= 4 is 24.0 Å². The van der Waals surface area contributed by atoms with Gasteiger partial charge >= 0.3 is 0 Å². The lowest BCUT2D eigenvalue weighted by Gasteiger charge is -2.10. The third kappa shape index (κ3) is 4.52. The monoisotopic (exact) mass is 246 g/mol. The molecule has 0 spiro atoms. The first kappa shape index (κ1) is 14.8. The molecule has 0 aliphatic carbocycles. The number of anilines is 1. The molecule has 1 aromatic rings. The number of amides is 1. The predicted octanol–water partition coefficient (Wildman–Crippen LogP) is 0.119. The second-order valence-electron chi connectivity index (χ2n) is 3.07. The third-order valence-electron chi connectivity index (χ3n) is 1.73. The van der Waals surface area contributed by atoms with Gasteiger partial charge in [-0.1, -0.05) is 0 Å². The van der Waals surface area contributed by atoms with E-state index < -0.39 is 6.04 Å². The van der Waals surface area contributed by atoms with E-state index in [0.29, 0.717) is 11.5 Å². The molecule has 0 bridgehead atoms. The van der Waals surface area contributed by atoms with Gasteiger partial charge in [-0.3, -0.25) is 4.79 Å². The fourth-order valence-electron chi connectivity index (χ4n) is 0.947. The molecule has 3 N–H and O–H groups in total. The summed E-state index contributed by atoms with van der Waals surface area (Å²) < 4.78 is 4.76. The number of carbonyl (C=O) groups is 1. The van der Waals surface area contributed by atoms with Crippen molar-refractivity contribution in [2.45, 2.75) is 13.0 Å². The summed E-state index contributed by atoms with van der Waals surface area (Å²) in [5, 5.41) is 2.58. The number of hydrogen-bond donors (Lipinski definition) is 2. The number of nitrogens with two attached hydrogens (primary N) is 1. The second kappa shape index (κ2) is 7.10. The summed E-state index contributed by atoms with van der Waals surface area (Å²) in [6.07, 6.45) is 3.06. The first-order valence-corrected chi connectivity index (χ1v) is 4.47. The molecule has 0 aromatic carbocycles. The van der Waals surface area contributed by atoms with Crippen LogP contribution >= 0.6 is 12.4 Å². The Morgan fingerprint density at radius 1 is 1.56 bits per heavy atom. The van der Waals surface area contributed by atoms with Gasteiger partial charge in [-0.05, 0) is 6.92 Å². The van der Waals surface area contributed by atoms with Crippen LogP contribution in [0, 0.1) is 6.92 Å². The molecule has 16 heavy (non-hydrogen) atoms. The molecule has 0 saturated carbocycles. The van der Waals surface area contributed by atoms with Gasteiger partial charge in [-0.15, -0.1) is 12.4 Å². The van der Waals surface area contributed by atoms with Crippen LogP contribution in [0.3, 0.4) is 0 Å². The Balaban J connectivity index is 0.00000225. The van der Waals surface area contributed by atoms with Gasteiger partial charge in [0.1, 0.15) is 11.9 Å². The van der Waals surface area contributed by atoms with E-state index in [-0.39, 0.29) is 24.9 Å². The molecule has 1 unspecified atom stereocenters. The molecule has 1 heterocycles. The lowest BCUT2D eigenvalue weighted by Crippen LogP contribution is -2.39. The number of aryl methyl sites for hydroxylation is 1. The normalized spacial score (nSPS) is 11.4. The zero-order chi connectivity index (χ0) is 11.3. The zero-order valence-electron chi connectivity index (χ0n) is 9.14. The maximum atomic E-state index is 11.4. The Kier molecular flexibility index (Phi) is 6.55. The molecule has 0 fully saturated rings. The molecule has 7 heteroatoms. The average molecular weight is 247 g/mol. The van der Waals surface area contributed by atoms with Gasteiger partial charge in [0.25, 0.3) is 0 Å². The molecule has 0 radical (unpaired) electrons. The number of nitrogens with one attached hydrogen (secondary N) is 1. The highest BCUT2D eigenvalue weighted by Gasteiger charge is 2.12. The number of nitrogens with zero attached hydrogens (tertiary/aromatic N) is 2. The van der Waals surface area contributed by atoms with Crippen LogP contribution in [0.15, 0.2) is 12.4 Å². The highest BCUT2D eigenvalue weighted by atomic mass is 35.5. The number of rotatable bonds is 4. The molecular weight excluding hydrogens is 232 g/mol. The minimum Gasteiger partial charge on any atom is -0.383 e. The molecule has 90 valence electrons. The molecule has 1 amide bonds. The fraction of sp³-hybridized carbons (Fsp3) is 0.444. The minimum absolute atomic E-state index is 0. The van der Waals surface area contributed by atoms with E-state index in [4.69, 9.17) is 10.5 Å². The van der Waals surface area contributed by atoms with Gasteiger partial charge in [0.05, 0.1) is 24.7 Å². The van der Waals surface area contributed by atoms with Crippen LogP contribution in [0.1, 0.15) is 5.82 Å². The van der Waals surface area contributed by atoms with Crippen LogP contribution in [0.4, 0.5) is 5.69 Å². The van der Waals surface area contributed by atoms with Crippen molar-refractivity contribution in [2.75, 3.05) is 19.0 Å². The van der Waals surface area contributed by atoms with Gasteiger partial charge < -0.3 is 15.8 Å². The van der Waals surface area contributed by atoms with Crippen molar-refractivity contribution in [3.05, 3.63) is 18.2 Å². The van der Waals surface area contributed by atoms with Gasteiger partial charge in [0.15, 0.2) is 0 Å². The Bertz CT molecular complexity index is 331. The number of methoxy groups -OCH3 is 1. The Morgan fingerprint density at radius 3 is 2.62 bits per heavy atom. The maximum Gasteiger partial charge on any atom is 0.243 e. The van der Waals surface area contributed by atoms with Crippen LogP contribution < -0.4 is 11.1 Å². The van der Waals surface area contributed by atoms with E-state index >= 15 is 0 Å². The smallest absolute Gasteiger partial charge is 0.243 e. The fourth-order valence-corrected chi connectivity index (χ4v) is 0.947. The standard InChI is InChI=1S/C9H14N4O2.ClH/c1-6-11-3-7(4-12-6)13-9(14)8(10)5-15-2;/h3-4,8H,5,10H2,1-2H3,(H,13,14);1H. The van der Waals surface area contributed by atoms with E-state index in [1.165, 1.54) is 19.5 Å². The molecule has 1 aromatic heterocycles. The van der Waals surface area contributed by atoms with Crippen molar-refractivity contribution in [1.82, 2.24) is 9.97 Å². The SMILES string of the molecule is COCC(N)C(=O)Nc1cnc(C)nc1.Cl. The predicted molar refractivity (Wildman–Crippen MR) is 62.5 cm³/mol. The quantitative estimate of drug-likeness (QED) is 0.788. The van der Waals surface area contributed by atoms with E-state index in [1.54, 1.807) is 6.92 Å². The third-order valence-corrected chi connectivity index (χ3v) is 1.73. The topological polar surface area (TPSA) is 90.1 Å². The molecule has 0 aliphatic rings. The summed E-state index contributed by atoms with van der Waals surface area (Å²) in [6, 6.07) is -0.684. The number of carbonyl (C=O) groups excluding carboxylic acids is 1. The van der Waals surface area contributed by atoms with Crippen molar-refractivity contribution in [1.29, 1.82) is 0 Å². The largest absolute Gasteiger partial charge is 0.383 e. The van der Waals surface area contributed by atoms with Crippen molar-refractivity contribution in [2.24, 2.45) is 5.73 Å². The highest BCUT2D eigenvalue weighted by molar-refractivity contribution is 5.94. The van der Waals surface area contributed by atoms with Crippen LogP contribution in [0.2, 0.25) is 0 Å². The summed E-state index contributed by atoms with van der Waals surface area (Å²) in [7, 11) is 1.49. The Labute approximate surface area is 100 Å². The van der Waals surface area contributed by atoms with Gasteiger partial charge in [0.2, 0.25) is 5.91 Å². The molecule has 6 nitrogen and oxygen atoms in total. The van der Waals surface area contributed by atoms with Crippen LogP contribution in [0.5, 0.6) is 0 Å². The van der Waals surface area contributed by atoms with Crippen molar-refractivity contribution in [3.63, 3.8) is 0 Å². The summed E-state index contributed by atoms with van der Waals surface area (Å²) in [6.45, 7) is 1.95. The van der Waals surface area contributed by atoms with E-state index in [9.17, 15) is 4.79 Å². The molecule has 0 saturated heterocycles. The van der Waals surface area contributed by atoms with Crippen LogP contribution in [-0.2, 0) is 9.53 Å². The maximum absolute atomic E-state index is 11.4. The number of halogens is 1. The van der Waals surface area contributed by atoms with E-state index in [2.05, 4.69) is 15.3 Å². The number of aromatic nitrogens is 2. The number of hydrogen-bond acceptors (Lipinski definition) is 5. The van der Waals surface area contributed by atoms with Crippen LogP contribution in [0.25, 0.3) is 0 Å². The summed E-state index contributed by atoms with van der Waals surface area (Å²) in [5.74, 6) is 0.332. The Hall–Kier alpha value is -1.24. The number of ether oxygens (including phenoxy) is 1. The van der Waals surface area contributed by atoms with E-state index in [1.807, 2.05) is 0 Å². The van der Waals surface area contributed by atoms with Crippen LogP contribution in [-0.4, -0.2) is 35.6 Å². The lowest BCUT2D eigenvalue weighted by molar-refractivity contribution is -0.118.